The summed E-state index contributed by atoms with van der Waals surface area (Å²) >= 11 is 1.23. The normalized spacial score (nSPS) is 20.3. The predicted octanol–water partition coefficient (Wildman–Crippen LogP) is 2.08. The minimum Gasteiger partial charge on any atom is -0.338 e. The number of aliphatic imine (C=N–C) groups is 1. The Labute approximate surface area is 164 Å². The second-order valence-corrected chi connectivity index (χ2v) is 8.70. The lowest BCUT2D eigenvalue weighted by atomic mass is 9.97. The minimum absolute atomic E-state index is 0.335. The molecule has 1 aliphatic rings. The molecule has 6 nitrogen and oxygen atoms in total. The van der Waals surface area contributed by atoms with Crippen LogP contribution < -0.4 is 10.6 Å². The average molecular weight is 402 g/mol. The van der Waals surface area contributed by atoms with Gasteiger partial charge < -0.3 is 10.6 Å². The van der Waals surface area contributed by atoms with Crippen LogP contribution in [0.15, 0.2) is 65.7 Å². The van der Waals surface area contributed by atoms with Gasteiger partial charge >= 0.3 is 0 Å². The SMILES string of the molecule is CS(=O)CSC1=N[C@H](c2ccccc2)[C@H](NC(=O)c2ccccc2)C(=O)N1. The van der Waals surface area contributed by atoms with Crippen LogP contribution in [0.3, 0.4) is 0 Å². The molecule has 3 rings (SSSR count). The van der Waals surface area contributed by atoms with Crippen LogP contribution in [0.5, 0.6) is 0 Å². The van der Waals surface area contributed by atoms with E-state index in [2.05, 4.69) is 15.6 Å². The molecule has 27 heavy (non-hydrogen) atoms. The number of rotatable bonds is 5. The zero-order valence-corrected chi connectivity index (χ0v) is 16.3. The van der Waals surface area contributed by atoms with E-state index in [0.717, 1.165) is 5.56 Å². The molecule has 0 bridgehead atoms. The number of benzene rings is 2. The molecule has 2 amide bonds. The monoisotopic (exact) mass is 401 g/mol. The van der Waals surface area contributed by atoms with Crippen LogP contribution in [0, 0.1) is 0 Å². The summed E-state index contributed by atoms with van der Waals surface area (Å²) in [5.74, 6) is -0.676. The van der Waals surface area contributed by atoms with Crippen molar-refractivity contribution in [1.29, 1.82) is 0 Å². The molecule has 2 N–H and O–H groups in total. The van der Waals surface area contributed by atoms with E-state index in [0.29, 0.717) is 15.8 Å². The second kappa shape index (κ2) is 8.96. The van der Waals surface area contributed by atoms with Crippen molar-refractivity contribution in [2.75, 3.05) is 11.3 Å². The van der Waals surface area contributed by atoms with Crippen LogP contribution in [0.25, 0.3) is 0 Å². The third-order valence-electron chi connectivity index (χ3n) is 3.91. The first-order valence-corrected chi connectivity index (χ1v) is 11.0. The van der Waals surface area contributed by atoms with Crippen LogP contribution in [0.4, 0.5) is 0 Å². The lowest BCUT2D eigenvalue weighted by Crippen LogP contribution is -2.54. The summed E-state index contributed by atoms with van der Waals surface area (Å²) in [5, 5.41) is 6.24. The number of hydrogen-bond donors (Lipinski definition) is 2. The van der Waals surface area contributed by atoms with Gasteiger partial charge in [-0.2, -0.15) is 0 Å². The Morgan fingerprint density at radius 2 is 1.78 bits per heavy atom. The lowest BCUT2D eigenvalue weighted by molar-refractivity contribution is -0.122. The molecule has 3 atom stereocenters. The highest BCUT2D eigenvalue weighted by Crippen LogP contribution is 2.26. The third-order valence-corrected chi connectivity index (χ3v) is 6.19. The molecule has 0 saturated carbocycles. The number of carbonyl (C=O) groups is 2. The van der Waals surface area contributed by atoms with Crippen LogP contribution in [-0.2, 0) is 15.6 Å². The van der Waals surface area contributed by atoms with Gasteiger partial charge in [0, 0.05) is 22.6 Å². The maximum atomic E-state index is 12.7. The smallest absolute Gasteiger partial charge is 0.252 e. The highest BCUT2D eigenvalue weighted by atomic mass is 32.2. The van der Waals surface area contributed by atoms with E-state index in [1.54, 1.807) is 30.5 Å². The van der Waals surface area contributed by atoms with Crippen molar-refractivity contribution in [2.24, 2.45) is 4.99 Å². The van der Waals surface area contributed by atoms with Gasteiger partial charge in [-0.05, 0) is 17.7 Å². The molecule has 2 aromatic rings. The van der Waals surface area contributed by atoms with Gasteiger partial charge in [0.15, 0.2) is 5.17 Å². The van der Waals surface area contributed by atoms with E-state index in [4.69, 9.17) is 0 Å². The lowest BCUT2D eigenvalue weighted by Gasteiger charge is -2.29. The van der Waals surface area contributed by atoms with Gasteiger partial charge in [-0.15, -0.1) is 0 Å². The summed E-state index contributed by atoms with van der Waals surface area (Å²) < 4.78 is 11.4. The van der Waals surface area contributed by atoms with E-state index >= 15 is 0 Å². The molecule has 1 aliphatic heterocycles. The maximum absolute atomic E-state index is 12.7. The molecule has 0 radical (unpaired) electrons. The molecular formula is C19H19N3O3S2. The number of nitrogens with zero attached hydrogens (tertiary/aromatic N) is 1. The molecule has 1 unspecified atom stereocenters. The van der Waals surface area contributed by atoms with Crippen LogP contribution in [-0.4, -0.2) is 38.6 Å². The standard InChI is InChI=1S/C19H19N3O3S2/c1-27(25)12-26-19-21-15(13-8-4-2-5-9-13)16(18(24)22-19)20-17(23)14-10-6-3-7-11-14/h2-11,15-16H,12H2,1H3,(H,20,23)(H,21,22,24)/t15-,16+,27?/m1/s1. The van der Waals surface area contributed by atoms with Crippen molar-refractivity contribution < 1.29 is 13.8 Å². The van der Waals surface area contributed by atoms with Crippen molar-refractivity contribution >= 4 is 39.5 Å². The van der Waals surface area contributed by atoms with Crippen LogP contribution in [0.2, 0.25) is 0 Å². The fourth-order valence-corrected chi connectivity index (χ4v) is 4.12. The summed E-state index contributed by atoms with van der Waals surface area (Å²) in [6.45, 7) is 0. The summed E-state index contributed by atoms with van der Waals surface area (Å²) in [5.41, 5.74) is 1.30. The second-order valence-electron chi connectivity index (χ2n) is 5.93. The Balaban J connectivity index is 1.87. The number of amides is 2. The number of hydrogen-bond acceptors (Lipinski definition) is 5. The summed E-state index contributed by atoms with van der Waals surface area (Å²) in [7, 11) is -1.02. The van der Waals surface area contributed by atoms with Crippen molar-refractivity contribution in [3.8, 4) is 0 Å². The Morgan fingerprint density at radius 1 is 1.15 bits per heavy atom. The van der Waals surface area contributed by atoms with Crippen LogP contribution >= 0.6 is 11.8 Å². The fraction of sp³-hybridized carbons (Fsp3) is 0.211. The zero-order chi connectivity index (χ0) is 19.2. The molecule has 1 heterocycles. The van der Waals surface area contributed by atoms with Gasteiger partial charge in [-0.1, -0.05) is 60.3 Å². The zero-order valence-electron chi connectivity index (χ0n) is 14.6. The molecule has 0 fully saturated rings. The summed E-state index contributed by atoms with van der Waals surface area (Å²) in [6.07, 6.45) is 1.59. The number of carbonyl (C=O) groups excluding carboxylic acids is 2. The topological polar surface area (TPSA) is 87.6 Å². The van der Waals surface area contributed by atoms with Gasteiger partial charge in [0.2, 0.25) is 0 Å². The minimum atomic E-state index is -1.02. The van der Waals surface area contributed by atoms with E-state index in [-0.39, 0.29) is 11.8 Å². The Morgan fingerprint density at radius 3 is 2.41 bits per heavy atom. The van der Waals surface area contributed by atoms with Gasteiger partial charge in [0.1, 0.15) is 12.1 Å². The largest absolute Gasteiger partial charge is 0.338 e. The van der Waals surface area contributed by atoms with Gasteiger partial charge in [-0.25, -0.2) is 0 Å². The van der Waals surface area contributed by atoms with Crippen molar-refractivity contribution in [2.45, 2.75) is 12.1 Å². The van der Waals surface area contributed by atoms with E-state index in [1.165, 1.54) is 11.8 Å². The molecule has 0 aromatic heterocycles. The molecular weight excluding hydrogens is 382 g/mol. The molecule has 8 heteroatoms. The van der Waals surface area contributed by atoms with E-state index in [1.807, 2.05) is 36.4 Å². The van der Waals surface area contributed by atoms with E-state index in [9.17, 15) is 13.8 Å². The molecule has 0 saturated heterocycles. The van der Waals surface area contributed by atoms with Gasteiger partial charge in [-0.3, -0.25) is 18.8 Å². The van der Waals surface area contributed by atoms with Crippen molar-refractivity contribution in [3.63, 3.8) is 0 Å². The van der Waals surface area contributed by atoms with Crippen molar-refractivity contribution in [1.82, 2.24) is 10.6 Å². The molecule has 2 aromatic carbocycles. The molecule has 0 spiro atoms. The van der Waals surface area contributed by atoms with E-state index < -0.39 is 22.9 Å². The van der Waals surface area contributed by atoms with Gasteiger partial charge in [0.05, 0.1) is 5.08 Å². The first-order chi connectivity index (χ1) is 13.0. The molecule has 0 aliphatic carbocycles. The van der Waals surface area contributed by atoms with Crippen molar-refractivity contribution in [3.05, 3.63) is 71.8 Å². The Bertz CT molecular complexity index is 872. The number of amidine groups is 1. The predicted molar refractivity (Wildman–Crippen MR) is 109 cm³/mol. The highest BCUT2D eigenvalue weighted by Gasteiger charge is 2.35. The fourth-order valence-electron chi connectivity index (χ4n) is 2.65. The maximum Gasteiger partial charge on any atom is 0.252 e. The first kappa shape index (κ1) is 19.3. The number of nitrogens with one attached hydrogen (secondary N) is 2. The van der Waals surface area contributed by atoms with Gasteiger partial charge in [0.25, 0.3) is 11.8 Å². The third kappa shape index (κ3) is 5.05. The first-order valence-electron chi connectivity index (χ1n) is 8.27. The quantitative estimate of drug-likeness (QED) is 0.803. The summed E-state index contributed by atoms with van der Waals surface area (Å²) in [4.78, 5) is 29.9. The highest BCUT2D eigenvalue weighted by molar-refractivity contribution is 8.20. The average Bonchev–Trinajstić information content (AvgIpc) is 2.69. The van der Waals surface area contributed by atoms with Crippen LogP contribution in [0.1, 0.15) is 22.0 Å². The Hall–Kier alpha value is -2.45. The number of thioether (sulfide) groups is 1. The summed E-state index contributed by atoms with van der Waals surface area (Å²) in [6, 6.07) is 16.7. The molecule has 140 valence electrons. The Kier molecular flexibility index (Phi) is 6.41.